The molecule has 0 aromatic heterocycles. The van der Waals surface area contributed by atoms with Crippen LogP contribution in [0.25, 0.3) is 0 Å². The van der Waals surface area contributed by atoms with Crippen LogP contribution in [-0.2, 0) is 0 Å². The lowest BCUT2D eigenvalue weighted by atomic mass is 10.0. The van der Waals surface area contributed by atoms with Crippen molar-refractivity contribution in [1.29, 1.82) is 5.26 Å². The summed E-state index contributed by atoms with van der Waals surface area (Å²) in [7, 11) is 0. The summed E-state index contributed by atoms with van der Waals surface area (Å²) in [6.45, 7) is 17.0. The average Bonchev–Trinajstić information content (AvgIpc) is 2.23. The fourth-order valence-electron chi connectivity index (χ4n) is 1.16. The van der Waals surface area contributed by atoms with Crippen molar-refractivity contribution in [2.75, 3.05) is 0 Å². The molecule has 0 heterocycles. The maximum Gasteiger partial charge on any atom is 0.0946 e. The Bertz CT molecular complexity index is 275. The number of nitrogens with zero attached hydrogens (tertiary/aromatic N) is 1. The van der Waals surface area contributed by atoms with Crippen molar-refractivity contribution in [3.05, 3.63) is 23.8 Å². The van der Waals surface area contributed by atoms with Gasteiger partial charge in [-0.2, -0.15) is 5.26 Å². The fourth-order valence-corrected chi connectivity index (χ4v) is 1.16. The van der Waals surface area contributed by atoms with Crippen LogP contribution in [0.3, 0.4) is 0 Å². The Morgan fingerprint density at radius 2 is 1.05 bits per heavy atom. The lowest BCUT2D eigenvalue weighted by Crippen LogP contribution is -1.93. The van der Waals surface area contributed by atoms with E-state index < -0.39 is 0 Å². The van der Waals surface area contributed by atoms with Gasteiger partial charge in [-0.05, 0) is 23.7 Å². The lowest BCUT2D eigenvalue weighted by Gasteiger charge is -2.02. The first-order valence-electron chi connectivity index (χ1n) is 7.00. The Labute approximate surface area is 137 Å². The van der Waals surface area contributed by atoms with Gasteiger partial charge in [0.25, 0.3) is 0 Å². The first-order chi connectivity index (χ1) is 8.20. The molecule has 0 bridgehead atoms. The number of hydrogen-bond acceptors (Lipinski definition) is 1. The molecule has 0 atom stereocenters. The van der Waals surface area contributed by atoms with Crippen molar-refractivity contribution in [1.82, 2.24) is 0 Å². The molecule has 0 aliphatic rings. The molecule has 1 heteroatoms. The summed E-state index contributed by atoms with van der Waals surface area (Å²) in [5.41, 5.74) is 0.898. The normalized spacial score (nSPS) is 10.5. The minimum absolute atomic E-state index is 0. The highest BCUT2D eigenvalue weighted by molar-refractivity contribution is 5.22. The molecule has 0 N–H and O–H groups in total. The zero-order chi connectivity index (χ0) is 14.7. The summed E-state index contributed by atoms with van der Waals surface area (Å²) in [4.78, 5) is 0. The summed E-state index contributed by atoms with van der Waals surface area (Å²) >= 11 is 0. The molecule has 0 aromatic rings. The molecule has 1 nitrogen and oxygen atoms in total. The SMILES string of the molecule is C.C.C.CC(C)C=C(C#N)C(C)C.CC(C)C=CC(C)C. The second kappa shape index (κ2) is 19.0. The molecule has 0 saturated carbocycles. The summed E-state index contributed by atoms with van der Waals surface area (Å²) in [6, 6.07) is 2.19. The molecule has 0 saturated heterocycles. The highest BCUT2D eigenvalue weighted by Gasteiger charge is 2.01. The molecule has 21 heavy (non-hydrogen) atoms. The molecule has 0 rings (SSSR count). The third kappa shape index (κ3) is 28.0. The quantitative estimate of drug-likeness (QED) is 0.389. The molecular formula is C20H43N. The van der Waals surface area contributed by atoms with Gasteiger partial charge in [0.2, 0.25) is 0 Å². The van der Waals surface area contributed by atoms with Crippen molar-refractivity contribution in [3.8, 4) is 6.07 Å². The van der Waals surface area contributed by atoms with Crippen molar-refractivity contribution in [3.63, 3.8) is 0 Å². The number of nitriles is 1. The standard InChI is InChI=1S/C9H15N.C8H16.3CH4/c1-7(2)5-9(6-10)8(3)4;1-7(2)5-6-8(3)4;;;/h5,7-8H,1-4H3;5-8H,1-4H3;3*1H4. The summed E-state index contributed by atoms with van der Waals surface area (Å²) < 4.78 is 0. The van der Waals surface area contributed by atoms with Crippen LogP contribution in [0.15, 0.2) is 23.8 Å². The average molecular weight is 298 g/mol. The molecule has 0 fully saturated rings. The van der Waals surface area contributed by atoms with Gasteiger partial charge >= 0.3 is 0 Å². The van der Waals surface area contributed by atoms with E-state index in [2.05, 4.69) is 59.8 Å². The fraction of sp³-hybridized carbons (Fsp3) is 0.750. The van der Waals surface area contributed by atoms with E-state index in [-0.39, 0.29) is 22.3 Å². The van der Waals surface area contributed by atoms with E-state index in [1.54, 1.807) is 0 Å². The van der Waals surface area contributed by atoms with Crippen LogP contribution in [0.1, 0.15) is 77.7 Å². The Kier molecular flexibility index (Phi) is 29.0. The third-order valence-corrected chi connectivity index (χ3v) is 2.14. The van der Waals surface area contributed by atoms with Gasteiger partial charge in [-0.3, -0.25) is 0 Å². The maximum absolute atomic E-state index is 8.63. The largest absolute Gasteiger partial charge is 0.193 e. The van der Waals surface area contributed by atoms with Crippen LogP contribution in [0, 0.1) is 35.0 Å². The summed E-state index contributed by atoms with van der Waals surface area (Å²) in [6.07, 6.45) is 6.50. The van der Waals surface area contributed by atoms with E-state index in [1.807, 2.05) is 19.9 Å². The minimum Gasteiger partial charge on any atom is -0.193 e. The Morgan fingerprint density at radius 3 is 1.14 bits per heavy atom. The molecule has 0 spiro atoms. The summed E-state index contributed by atoms with van der Waals surface area (Å²) in [5, 5.41) is 8.63. The summed E-state index contributed by atoms with van der Waals surface area (Å²) in [5.74, 6) is 2.26. The minimum atomic E-state index is 0. The van der Waals surface area contributed by atoms with Crippen LogP contribution >= 0.6 is 0 Å². The topological polar surface area (TPSA) is 23.8 Å². The van der Waals surface area contributed by atoms with Gasteiger partial charge in [0.05, 0.1) is 6.07 Å². The van der Waals surface area contributed by atoms with Gasteiger partial charge in [0.15, 0.2) is 0 Å². The van der Waals surface area contributed by atoms with Crippen molar-refractivity contribution >= 4 is 0 Å². The predicted octanol–water partition coefficient (Wildman–Crippen LogP) is 7.51. The monoisotopic (exact) mass is 297 g/mol. The Hall–Kier alpha value is -1.03. The first-order valence-corrected chi connectivity index (χ1v) is 7.00. The van der Waals surface area contributed by atoms with Gasteiger partial charge < -0.3 is 0 Å². The predicted molar refractivity (Wildman–Crippen MR) is 102 cm³/mol. The highest BCUT2D eigenvalue weighted by Crippen LogP contribution is 2.10. The Balaban J connectivity index is -0.0000000724. The molecule has 0 radical (unpaired) electrons. The molecular weight excluding hydrogens is 254 g/mol. The number of hydrogen-bond donors (Lipinski definition) is 0. The van der Waals surface area contributed by atoms with Crippen molar-refractivity contribution < 1.29 is 0 Å². The van der Waals surface area contributed by atoms with Crippen molar-refractivity contribution in [2.45, 2.75) is 77.7 Å². The first kappa shape index (κ1) is 32.1. The molecule has 0 unspecified atom stereocenters. The van der Waals surface area contributed by atoms with Gasteiger partial charge in [-0.25, -0.2) is 0 Å². The molecule has 128 valence electrons. The van der Waals surface area contributed by atoms with Crippen LogP contribution < -0.4 is 0 Å². The van der Waals surface area contributed by atoms with E-state index in [4.69, 9.17) is 5.26 Å². The zero-order valence-electron chi connectivity index (χ0n) is 13.5. The van der Waals surface area contributed by atoms with Gasteiger partial charge in [0.1, 0.15) is 0 Å². The van der Waals surface area contributed by atoms with Crippen LogP contribution in [0.4, 0.5) is 0 Å². The molecule has 0 aromatic carbocycles. The number of allylic oxidation sites excluding steroid dienone is 4. The van der Waals surface area contributed by atoms with Crippen LogP contribution in [-0.4, -0.2) is 0 Å². The molecule has 0 amide bonds. The van der Waals surface area contributed by atoms with E-state index in [0.29, 0.717) is 23.7 Å². The second-order valence-corrected chi connectivity index (χ2v) is 6.01. The van der Waals surface area contributed by atoms with Gasteiger partial charge in [0, 0.05) is 5.57 Å². The third-order valence-electron chi connectivity index (χ3n) is 2.14. The second-order valence-electron chi connectivity index (χ2n) is 6.01. The van der Waals surface area contributed by atoms with Gasteiger partial charge in [-0.1, -0.05) is 95.9 Å². The van der Waals surface area contributed by atoms with E-state index in [9.17, 15) is 0 Å². The maximum atomic E-state index is 8.63. The number of rotatable bonds is 4. The van der Waals surface area contributed by atoms with E-state index in [0.717, 1.165) is 5.57 Å². The molecule has 0 aliphatic carbocycles. The molecule has 0 aliphatic heterocycles. The van der Waals surface area contributed by atoms with Crippen LogP contribution in [0.2, 0.25) is 0 Å². The Morgan fingerprint density at radius 1 is 0.714 bits per heavy atom. The van der Waals surface area contributed by atoms with Crippen LogP contribution in [0.5, 0.6) is 0 Å². The van der Waals surface area contributed by atoms with Crippen molar-refractivity contribution in [2.24, 2.45) is 23.7 Å². The smallest absolute Gasteiger partial charge is 0.0946 e. The lowest BCUT2D eigenvalue weighted by molar-refractivity contribution is 0.752. The van der Waals surface area contributed by atoms with E-state index in [1.165, 1.54) is 0 Å². The highest BCUT2D eigenvalue weighted by atomic mass is 14.3. The van der Waals surface area contributed by atoms with Gasteiger partial charge in [-0.15, -0.1) is 0 Å². The van der Waals surface area contributed by atoms with E-state index >= 15 is 0 Å². The zero-order valence-corrected chi connectivity index (χ0v) is 13.5.